The summed E-state index contributed by atoms with van der Waals surface area (Å²) in [5.41, 5.74) is 0. The minimum Gasteiger partial charge on any atom is -0.461 e. The van der Waals surface area contributed by atoms with Crippen molar-refractivity contribution in [3.8, 4) is 0 Å². The number of Topliss-reactive ketones (excluding diaryl/α,β-unsaturated/α-hetero) is 1. The number of allylic oxidation sites excluding steroid dienone is 3. The van der Waals surface area contributed by atoms with E-state index in [1.807, 2.05) is 19.1 Å². The van der Waals surface area contributed by atoms with Crippen molar-refractivity contribution in [2.75, 3.05) is 13.2 Å². The Labute approximate surface area is 284 Å². The van der Waals surface area contributed by atoms with Crippen molar-refractivity contribution in [2.24, 2.45) is 29.6 Å². The van der Waals surface area contributed by atoms with E-state index in [0.29, 0.717) is 77.0 Å². The standard InChI is InChI=1S/C37H57NO10/c1-23(20-27-14-16-30(41)31(42)21-27)32-18-15-26(22-39)10-6-4-5-7-12-29(40)25(3)33-17-13-24(2)37(46,48-33)34(43)35(44)38-19-9-8-11-28(38)36(45)47-32/h6-7,10,12,23-28,30-33,39,41-42,46H,4-5,8-9,11,13-22H2,1-3H3/b10-6+,12-7+/t23-,24+,25-,26+,27-,28-,30+,31+,32-,33-,37+/m0/s1. The van der Waals surface area contributed by atoms with Gasteiger partial charge >= 0.3 is 5.97 Å². The number of cyclic esters (lactones) is 1. The average Bonchev–Trinajstić information content (AvgIpc) is 3.08. The summed E-state index contributed by atoms with van der Waals surface area (Å²) in [5.74, 6) is -6.86. The number of esters is 1. The summed E-state index contributed by atoms with van der Waals surface area (Å²) in [6.07, 6.45) is 11.4. The van der Waals surface area contributed by atoms with Crippen LogP contribution in [0.3, 0.4) is 0 Å². The molecule has 48 heavy (non-hydrogen) atoms. The van der Waals surface area contributed by atoms with E-state index in [2.05, 4.69) is 0 Å². The average molecular weight is 676 g/mol. The lowest BCUT2D eigenvalue weighted by molar-refractivity contribution is -0.268. The number of hydrogen-bond donors (Lipinski definition) is 4. The van der Waals surface area contributed by atoms with Crippen molar-refractivity contribution in [3.63, 3.8) is 0 Å². The number of nitrogens with zero attached hydrogens (tertiary/aromatic N) is 1. The van der Waals surface area contributed by atoms with Crippen LogP contribution in [0.15, 0.2) is 24.3 Å². The minimum absolute atomic E-state index is 0.0835. The Balaban J connectivity index is 1.61. The Hall–Kier alpha value is -2.44. The van der Waals surface area contributed by atoms with Crippen LogP contribution in [0.5, 0.6) is 0 Å². The number of hydrogen-bond acceptors (Lipinski definition) is 10. The fraction of sp³-hybridized carbons (Fsp3) is 0.784. The number of rotatable bonds is 4. The lowest BCUT2D eigenvalue weighted by Gasteiger charge is -2.43. The molecule has 0 aromatic carbocycles. The highest BCUT2D eigenvalue weighted by atomic mass is 16.6. The summed E-state index contributed by atoms with van der Waals surface area (Å²) in [6.45, 7) is 5.39. The lowest BCUT2D eigenvalue weighted by Crippen LogP contribution is -2.61. The molecular weight excluding hydrogens is 618 g/mol. The number of piperidine rings is 1. The molecule has 0 aromatic rings. The molecule has 2 bridgehead atoms. The molecule has 0 spiro atoms. The van der Waals surface area contributed by atoms with Gasteiger partial charge in [-0.05, 0) is 101 Å². The van der Waals surface area contributed by atoms with Gasteiger partial charge in [0.25, 0.3) is 11.7 Å². The third kappa shape index (κ3) is 9.41. The largest absolute Gasteiger partial charge is 0.461 e. The van der Waals surface area contributed by atoms with Crippen LogP contribution in [0, 0.1) is 29.6 Å². The SMILES string of the molecule is C[C@@H]1CC[C@@H]2O[C@@]1(O)C(=O)C(=O)N1CCCC[C@H]1C(=O)O[C@H]([C@@H](C)C[C@@H]1CC[C@@H](O)[C@H](O)C1)CC[C@H](CO)/C=C/CC/C=C/C(=O)[C@@H]2C. The Morgan fingerprint density at radius 3 is 2.42 bits per heavy atom. The second kappa shape index (κ2) is 17.5. The molecular formula is C37H57NO10. The molecule has 2 saturated heterocycles. The molecule has 11 heteroatoms. The molecule has 3 heterocycles. The van der Waals surface area contributed by atoms with Crippen LogP contribution in [0.2, 0.25) is 0 Å². The van der Waals surface area contributed by atoms with Crippen molar-refractivity contribution in [1.82, 2.24) is 4.90 Å². The molecule has 0 unspecified atom stereocenters. The number of ether oxygens (including phenoxy) is 2. The predicted molar refractivity (Wildman–Crippen MR) is 177 cm³/mol. The first-order valence-electron chi connectivity index (χ1n) is 18.2. The maximum Gasteiger partial charge on any atom is 0.329 e. The van der Waals surface area contributed by atoms with Gasteiger partial charge in [0.1, 0.15) is 12.1 Å². The molecule has 0 radical (unpaired) electrons. The van der Waals surface area contributed by atoms with Crippen molar-refractivity contribution in [1.29, 1.82) is 0 Å². The highest BCUT2D eigenvalue weighted by Crippen LogP contribution is 2.37. The molecule has 4 rings (SSSR count). The molecule has 11 atom stereocenters. The Bertz CT molecular complexity index is 1190. The van der Waals surface area contributed by atoms with E-state index in [0.717, 1.165) is 6.42 Å². The predicted octanol–water partition coefficient (Wildman–Crippen LogP) is 3.40. The summed E-state index contributed by atoms with van der Waals surface area (Å²) in [4.78, 5) is 55.7. The molecule has 11 nitrogen and oxygen atoms in total. The molecule has 1 amide bonds. The van der Waals surface area contributed by atoms with Gasteiger partial charge in [-0.2, -0.15) is 0 Å². The number of carbonyl (C=O) groups is 4. The first kappa shape index (κ1) is 38.4. The van der Waals surface area contributed by atoms with Gasteiger partial charge < -0.3 is 34.8 Å². The number of aliphatic hydroxyl groups excluding tert-OH is 3. The van der Waals surface area contributed by atoms with E-state index < -0.39 is 65.7 Å². The zero-order valence-corrected chi connectivity index (χ0v) is 28.9. The van der Waals surface area contributed by atoms with Gasteiger partial charge in [0, 0.05) is 30.9 Å². The van der Waals surface area contributed by atoms with Gasteiger partial charge in [-0.25, -0.2) is 4.79 Å². The molecule has 270 valence electrons. The van der Waals surface area contributed by atoms with Gasteiger partial charge in [0.05, 0.1) is 18.3 Å². The monoisotopic (exact) mass is 675 g/mol. The second-order valence-corrected chi connectivity index (χ2v) is 14.8. The molecule has 3 aliphatic heterocycles. The number of fused-ring (bicyclic) bond motifs is 3. The van der Waals surface area contributed by atoms with Crippen LogP contribution < -0.4 is 0 Å². The topological polar surface area (TPSA) is 171 Å². The lowest BCUT2D eigenvalue weighted by atomic mass is 9.78. The molecule has 4 aliphatic rings. The first-order valence-corrected chi connectivity index (χ1v) is 18.2. The van der Waals surface area contributed by atoms with Gasteiger partial charge in [-0.3, -0.25) is 14.4 Å². The fourth-order valence-corrected chi connectivity index (χ4v) is 7.79. The summed E-state index contributed by atoms with van der Waals surface area (Å²) in [6, 6.07) is -1.01. The van der Waals surface area contributed by atoms with E-state index in [1.165, 1.54) is 11.0 Å². The van der Waals surface area contributed by atoms with Crippen LogP contribution in [0.1, 0.15) is 104 Å². The summed E-state index contributed by atoms with van der Waals surface area (Å²) in [5, 5.41) is 42.0. The Morgan fingerprint density at radius 2 is 1.69 bits per heavy atom. The summed E-state index contributed by atoms with van der Waals surface area (Å²) < 4.78 is 12.1. The van der Waals surface area contributed by atoms with Gasteiger partial charge in [0.15, 0.2) is 5.78 Å². The fourth-order valence-electron chi connectivity index (χ4n) is 7.79. The first-order chi connectivity index (χ1) is 22.8. The number of carbonyl (C=O) groups excluding carboxylic acids is 4. The number of aliphatic hydroxyl groups is 4. The van der Waals surface area contributed by atoms with Crippen LogP contribution in [-0.2, 0) is 28.7 Å². The van der Waals surface area contributed by atoms with E-state index in [9.17, 15) is 39.6 Å². The normalized spacial score (nSPS) is 40.2. The minimum atomic E-state index is -2.43. The summed E-state index contributed by atoms with van der Waals surface area (Å²) in [7, 11) is 0. The molecule has 1 saturated carbocycles. The van der Waals surface area contributed by atoms with E-state index in [-0.39, 0.29) is 36.7 Å². The third-order valence-corrected chi connectivity index (χ3v) is 11.2. The molecule has 0 aromatic heterocycles. The molecule has 3 fully saturated rings. The van der Waals surface area contributed by atoms with Gasteiger partial charge in [0.2, 0.25) is 5.79 Å². The molecule has 4 N–H and O–H groups in total. The summed E-state index contributed by atoms with van der Waals surface area (Å²) >= 11 is 0. The third-order valence-electron chi connectivity index (χ3n) is 11.2. The number of ketones is 2. The zero-order chi connectivity index (χ0) is 35.0. The van der Waals surface area contributed by atoms with Crippen LogP contribution in [-0.4, -0.2) is 98.2 Å². The van der Waals surface area contributed by atoms with Gasteiger partial charge in [-0.1, -0.05) is 39.0 Å². The Morgan fingerprint density at radius 1 is 0.938 bits per heavy atom. The highest BCUT2D eigenvalue weighted by Gasteiger charge is 2.53. The van der Waals surface area contributed by atoms with Crippen LogP contribution in [0.25, 0.3) is 0 Å². The van der Waals surface area contributed by atoms with E-state index in [1.54, 1.807) is 19.9 Å². The van der Waals surface area contributed by atoms with E-state index in [4.69, 9.17) is 9.47 Å². The van der Waals surface area contributed by atoms with Crippen molar-refractivity contribution >= 4 is 23.4 Å². The highest BCUT2D eigenvalue weighted by molar-refractivity contribution is 6.39. The maximum atomic E-state index is 13.9. The zero-order valence-electron chi connectivity index (χ0n) is 28.9. The van der Waals surface area contributed by atoms with Gasteiger partial charge in [-0.15, -0.1) is 0 Å². The van der Waals surface area contributed by atoms with Crippen LogP contribution in [0.4, 0.5) is 0 Å². The second-order valence-electron chi connectivity index (χ2n) is 14.8. The number of amides is 1. The van der Waals surface area contributed by atoms with Crippen molar-refractivity contribution in [2.45, 2.75) is 140 Å². The smallest absolute Gasteiger partial charge is 0.329 e. The quantitative estimate of drug-likeness (QED) is 0.197. The van der Waals surface area contributed by atoms with E-state index >= 15 is 0 Å². The van der Waals surface area contributed by atoms with Crippen LogP contribution >= 0.6 is 0 Å². The maximum absolute atomic E-state index is 13.9. The Kier molecular flexibility index (Phi) is 14.0. The van der Waals surface area contributed by atoms with Crippen molar-refractivity contribution in [3.05, 3.63) is 24.3 Å². The molecule has 1 aliphatic carbocycles. The van der Waals surface area contributed by atoms with Crippen molar-refractivity contribution < 1.29 is 49.1 Å².